The SMILES string of the molecule is Cc1nccn1CCN1CCc2cc(N)ccc21. The van der Waals surface area contributed by atoms with Crippen LogP contribution in [0.1, 0.15) is 11.4 Å². The third-order valence-electron chi connectivity index (χ3n) is 3.63. The topological polar surface area (TPSA) is 47.1 Å². The van der Waals surface area contributed by atoms with Crippen LogP contribution in [0, 0.1) is 6.92 Å². The minimum absolute atomic E-state index is 0.862. The molecule has 3 rings (SSSR count). The molecule has 1 aromatic heterocycles. The lowest BCUT2D eigenvalue weighted by Crippen LogP contribution is -2.25. The highest BCUT2D eigenvalue weighted by atomic mass is 15.2. The first kappa shape index (κ1) is 11.1. The Kier molecular flexibility index (Phi) is 2.70. The number of aromatic nitrogens is 2. The Morgan fingerprint density at radius 1 is 1.33 bits per heavy atom. The molecule has 0 fully saturated rings. The molecule has 4 nitrogen and oxygen atoms in total. The monoisotopic (exact) mass is 242 g/mol. The van der Waals surface area contributed by atoms with E-state index in [0.29, 0.717) is 0 Å². The maximum atomic E-state index is 5.82. The Labute approximate surface area is 107 Å². The van der Waals surface area contributed by atoms with Gasteiger partial charge in [0, 0.05) is 43.4 Å². The highest BCUT2D eigenvalue weighted by Gasteiger charge is 2.18. The van der Waals surface area contributed by atoms with Crippen LogP contribution in [0.2, 0.25) is 0 Å². The molecule has 18 heavy (non-hydrogen) atoms. The molecule has 0 aliphatic carbocycles. The minimum Gasteiger partial charge on any atom is -0.399 e. The number of rotatable bonds is 3. The number of nitrogens with two attached hydrogens (primary N) is 1. The summed E-state index contributed by atoms with van der Waals surface area (Å²) < 4.78 is 2.19. The number of hydrogen-bond donors (Lipinski definition) is 1. The Balaban J connectivity index is 1.71. The van der Waals surface area contributed by atoms with E-state index in [4.69, 9.17) is 5.73 Å². The summed E-state index contributed by atoms with van der Waals surface area (Å²) in [5.74, 6) is 1.08. The first-order chi connectivity index (χ1) is 8.74. The average Bonchev–Trinajstić information content (AvgIpc) is 2.93. The predicted molar refractivity (Wildman–Crippen MR) is 73.7 cm³/mol. The van der Waals surface area contributed by atoms with Crippen LogP contribution in [0.3, 0.4) is 0 Å². The summed E-state index contributed by atoms with van der Waals surface area (Å²) in [6, 6.07) is 6.22. The first-order valence-corrected chi connectivity index (χ1v) is 6.35. The van der Waals surface area contributed by atoms with Gasteiger partial charge in [0.05, 0.1) is 0 Å². The van der Waals surface area contributed by atoms with Gasteiger partial charge in [0.2, 0.25) is 0 Å². The molecule has 0 saturated carbocycles. The van der Waals surface area contributed by atoms with Gasteiger partial charge in [-0.3, -0.25) is 0 Å². The van der Waals surface area contributed by atoms with Gasteiger partial charge in [-0.05, 0) is 37.1 Å². The zero-order valence-corrected chi connectivity index (χ0v) is 10.6. The summed E-state index contributed by atoms with van der Waals surface area (Å²) >= 11 is 0. The molecule has 0 spiro atoms. The van der Waals surface area contributed by atoms with E-state index in [1.165, 1.54) is 11.3 Å². The molecule has 0 bridgehead atoms. The number of nitrogen functional groups attached to an aromatic ring is 1. The van der Waals surface area contributed by atoms with Crippen molar-refractivity contribution in [3.8, 4) is 0 Å². The molecule has 2 heterocycles. The van der Waals surface area contributed by atoms with Crippen molar-refractivity contribution in [1.82, 2.24) is 9.55 Å². The Morgan fingerprint density at radius 3 is 3.00 bits per heavy atom. The molecule has 0 saturated heterocycles. The van der Waals surface area contributed by atoms with Gasteiger partial charge < -0.3 is 15.2 Å². The van der Waals surface area contributed by atoms with Gasteiger partial charge in [0.1, 0.15) is 5.82 Å². The molecular weight excluding hydrogens is 224 g/mol. The standard InChI is InChI=1S/C14H18N4/c1-11-16-5-7-17(11)8-9-18-6-4-12-10-13(15)2-3-14(12)18/h2-3,5,7,10H,4,6,8-9,15H2,1H3. The lowest BCUT2D eigenvalue weighted by molar-refractivity contribution is 0.650. The lowest BCUT2D eigenvalue weighted by Gasteiger charge is -2.20. The summed E-state index contributed by atoms with van der Waals surface area (Å²) in [7, 11) is 0. The van der Waals surface area contributed by atoms with E-state index in [1.54, 1.807) is 0 Å². The van der Waals surface area contributed by atoms with Gasteiger partial charge in [0.15, 0.2) is 0 Å². The molecule has 1 aliphatic rings. The van der Waals surface area contributed by atoms with E-state index in [9.17, 15) is 0 Å². The number of hydrogen-bond acceptors (Lipinski definition) is 3. The third-order valence-corrected chi connectivity index (χ3v) is 3.63. The fraction of sp³-hybridized carbons (Fsp3) is 0.357. The van der Waals surface area contributed by atoms with E-state index in [0.717, 1.165) is 37.6 Å². The van der Waals surface area contributed by atoms with E-state index >= 15 is 0 Å². The third kappa shape index (κ3) is 1.94. The lowest BCUT2D eigenvalue weighted by atomic mass is 10.1. The Hall–Kier alpha value is -1.97. The largest absolute Gasteiger partial charge is 0.399 e. The number of aryl methyl sites for hydroxylation is 1. The molecule has 4 heteroatoms. The van der Waals surface area contributed by atoms with Crippen LogP contribution in [0.4, 0.5) is 11.4 Å². The highest BCUT2D eigenvalue weighted by Crippen LogP contribution is 2.29. The molecule has 94 valence electrons. The molecule has 0 amide bonds. The van der Waals surface area contributed by atoms with Gasteiger partial charge in [-0.25, -0.2) is 4.98 Å². The second-order valence-electron chi connectivity index (χ2n) is 4.79. The van der Waals surface area contributed by atoms with Gasteiger partial charge in [-0.1, -0.05) is 0 Å². The van der Waals surface area contributed by atoms with Crippen LogP contribution >= 0.6 is 0 Å². The van der Waals surface area contributed by atoms with Crippen molar-refractivity contribution in [3.05, 3.63) is 42.0 Å². The Morgan fingerprint density at radius 2 is 2.22 bits per heavy atom. The number of anilines is 2. The second kappa shape index (κ2) is 4.37. The minimum atomic E-state index is 0.862. The van der Waals surface area contributed by atoms with Crippen LogP contribution < -0.4 is 10.6 Å². The molecule has 0 unspecified atom stereocenters. The number of imidazole rings is 1. The van der Waals surface area contributed by atoms with E-state index < -0.39 is 0 Å². The molecule has 1 aliphatic heterocycles. The highest BCUT2D eigenvalue weighted by molar-refractivity contribution is 5.62. The summed E-state index contributed by atoms with van der Waals surface area (Å²) in [4.78, 5) is 6.67. The summed E-state index contributed by atoms with van der Waals surface area (Å²) in [5, 5.41) is 0. The molecule has 0 atom stereocenters. The molecule has 2 N–H and O–H groups in total. The van der Waals surface area contributed by atoms with Crippen molar-refractivity contribution in [3.63, 3.8) is 0 Å². The summed E-state index contributed by atoms with van der Waals surface area (Å²) in [6.45, 7) is 5.13. The molecule has 1 aromatic carbocycles. The van der Waals surface area contributed by atoms with Crippen molar-refractivity contribution in [2.75, 3.05) is 23.7 Å². The maximum absolute atomic E-state index is 5.82. The summed E-state index contributed by atoms with van der Waals surface area (Å²) in [6.07, 6.45) is 4.99. The van der Waals surface area contributed by atoms with E-state index in [2.05, 4.69) is 26.6 Å². The number of benzene rings is 1. The van der Waals surface area contributed by atoms with Crippen LogP contribution in [0.15, 0.2) is 30.6 Å². The molecular formula is C14H18N4. The normalized spacial score (nSPS) is 13.9. The van der Waals surface area contributed by atoms with Gasteiger partial charge in [0.25, 0.3) is 0 Å². The number of nitrogens with zero attached hydrogens (tertiary/aromatic N) is 3. The van der Waals surface area contributed by atoms with Crippen molar-refractivity contribution in [1.29, 1.82) is 0 Å². The fourth-order valence-corrected chi connectivity index (χ4v) is 2.59. The average molecular weight is 242 g/mol. The second-order valence-corrected chi connectivity index (χ2v) is 4.79. The smallest absolute Gasteiger partial charge is 0.105 e. The maximum Gasteiger partial charge on any atom is 0.105 e. The van der Waals surface area contributed by atoms with Gasteiger partial charge in [-0.2, -0.15) is 0 Å². The van der Waals surface area contributed by atoms with Crippen LogP contribution in [0.5, 0.6) is 0 Å². The zero-order valence-electron chi connectivity index (χ0n) is 10.6. The van der Waals surface area contributed by atoms with Crippen molar-refractivity contribution in [2.24, 2.45) is 0 Å². The molecule has 0 radical (unpaired) electrons. The van der Waals surface area contributed by atoms with Crippen LogP contribution in [-0.4, -0.2) is 22.6 Å². The van der Waals surface area contributed by atoms with Crippen molar-refractivity contribution < 1.29 is 0 Å². The van der Waals surface area contributed by atoms with Gasteiger partial charge >= 0.3 is 0 Å². The first-order valence-electron chi connectivity index (χ1n) is 6.35. The van der Waals surface area contributed by atoms with Crippen molar-refractivity contribution >= 4 is 11.4 Å². The van der Waals surface area contributed by atoms with Crippen LogP contribution in [0.25, 0.3) is 0 Å². The Bertz CT molecular complexity index is 559. The van der Waals surface area contributed by atoms with E-state index in [-0.39, 0.29) is 0 Å². The molecule has 2 aromatic rings. The van der Waals surface area contributed by atoms with Gasteiger partial charge in [-0.15, -0.1) is 0 Å². The fourth-order valence-electron chi connectivity index (χ4n) is 2.59. The predicted octanol–water partition coefficient (Wildman–Crippen LogP) is 1.84. The van der Waals surface area contributed by atoms with Crippen LogP contribution in [-0.2, 0) is 13.0 Å². The zero-order chi connectivity index (χ0) is 12.5. The number of fused-ring (bicyclic) bond motifs is 1. The summed E-state index contributed by atoms with van der Waals surface area (Å²) in [5.41, 5.74) is 9.39. The van der Waals surface area contributed by atoms with Crippen molar-refractivity contribution in [2.45, 2.75) is 19.9 Å². The quantitative estimate of drug-likeness (QED) is 0.835. The van der Waals surface area contributed by atoms with E-state index in [1.807, 2.05) is 25.4 Å².